The van der Waals surface area contributed by atoms with Gasteiger partial charge in [0.05, 0.1) is 18.4 Å². The Morgan fingerprint density at radius 3 is 2.67 bits per heavy atom. The summed E-state index contributed by atoms with van der Waals surface area (Å²) in [4.78, 5) is 29.2. The van der Waals surface area contributed by atoms with Crippen LogP contribution in [0.2, 0.25) is 0 Å². The van der Waals surface area contributed by atoms with E-state index >= 15 is 0 Å². The fourth-order valence-electron chi connectivity index (χ4n) is 2.56. The van der Waals surface area contributed by atoms with Crippen LogP contribution in [-0.2, 0) is 4.79 Å². The molecule has 1 aromatic heterocycles. The van der Waals surface area contributed by atoms with Crippen molar-refractivity contribution in [3.05, 3.63) is 48.5 Å². The number of likely N-dealkylation sites (tertiary alicyclic amines) is 1. The molecule has 108 valence electrons. The fraction of sp³-hybridized carbons (Fsp3) is 0.267. The normalized spacial score (nSPS) is 17.9. The van der Waals surface area contributed by atoms with Crippen molar-refractivity contribution in [1.29, 1.82) is 0 Å². The number of amides is 1. The van der Waals surface area contributed by atoms with Crippen LogP contribution >= 0.6 is 0 Å². The van der Waals surface area contributed by atoms with Gasteiger partial charge < -0.3 is 10.0 Å². The Bertz CT molecular complexity index is 666. The number of rotatable bonds is 3. The average molecular weight is 285 g/mol. The van der Waals surface area contributed by atoms with Gasteiger partial charge in [-0.25, -0.2) is 4.98 Å². The van der Waals surface area contributed by atoms with Gasteiger partial charge in [0.2, 0.25) is 0 Å². The summed E-state index contributed by atoms with van der Waals surface area (Å²) in [7, 11) is 0. The monoisotopic (exact) mass is 285 g/mol. The zero-order valence-corrected chi connectivity index (χ0v) is 11.3. The van der Waals surface area contributed by atoms with Gasteiger partial charge in [0.1, 0.15) is 5.69 Å². The van der Waals surface area contributed by atoms with Crippen molar-refractivity contribution in [1.82, 2.24) is 14.5 Å². The van der Waals surface area contributed by atoms with Gasteiger partial charge >= 0.3 is 5.97 Å². The minimum absolute atomic E-state index is 0.180. The molecule has 2 aromatic rings. The van der Waals surface area contributed by atoms with Gasteiger partial charge in [-0.1, -0.05) is 18.2 Å². The van der Waals surface area contributed by atoms with Crippen LogP contribution in [0.4, 0.5) is 0 Å². The Hall–Kier alpha value is -2.63. The van der Waals surface area contributed by atoms with E-state index < -0.39 is 11.9 Å². The van der Waals surface area contributed by atoms with E-state index in [1.54, 1.807) is 15.8 Å². The Morgan fingerprint density at radius 2 is 2.00 bits per heavy atom. The van der Waals surface area contributed by atoms with E-state index in [1.165, 1.54) is 6.20 Å². The first kappa shape index (κ1) is 13.4. The number of aromatic nitrogens is 2. The van der Waals surface area contributed by atoms with Crippen LogP contribution in [0, 0.1) is 5.92 Å². The third-order valence-corrected chi connectivity index (χ3v) is 3.72. The molecule has 0 aliphatic carbocycles. The summed E-state index contributed by atoms with van der Waals surface area (Å²) in [5.74, 6) is -1.50. The summed E-state index contributed by atoms with van der Waals surface area (Å²) in [6, 6.07) is 9.46. The third kappa shape index (κ3) is 2.52. The zero-order valence-electron chi connectivity index (χ0n) is 11.3. The largest absolute Gasteiger partial charge is 0.481 e. The van der Waals surface area contributed by atoms with Gasteiger partial charge in [-0.05, 0) is 18.6 Å². The summed E-state index contributed by atoms with van der Waals surface area (Å²) >= 11 is 0. The number of imidazole rings is 1. The highest BCUT2D eigenvalue weighted by Crippen LogP contribution is 2.20. The maximum atomic E-state index is 12.5. The lowest BCUT2D eigenvalue weighted by Gasteiger charge is -2.16. The van der Waals surface area contributed by atoms with Crippen molar-refractivity contribution in [3.8, 4) is 5.69 Å². The summed E-state index contributed by atoms with van der Waals surface area (Å²) < 4.78 is 1.72. The number of carbonyl (C=O) groups is 2. The second-order valence-corrected chi connectivity index (χ2v) is 5.06. The van der Waals surface area contributed by atoms with Crippen LogP contribution in [0.5, 0.6) is 0 Å². The maximum Gasteiger partial charge on any atom is 0.308 e. The Kier molecular flexibility index (Phi) is 3.43. The van der Waals surface area contributed by atoms with E-state index in [2.05, 4.69) is 4.98 Å². The first-order valence-electron chi connectivity index (χ1n) is 6.76. The number of aliphatic carboxylic acids is 1. The average Bonchev–Trinajstić information content (AvgIpc) is 3.17. The first-order valence-corrected chi connectivity index (χ1v) is 6.76. The molecule has 3 rings (SSSR count). The highest BCUT2D eigenvalue weighted by Gasteiger charge is 2.32. The molecule has 1 aliphatic heterocycles. The highest BCUT2D eigenvalue weighted by molar-refractivity contribution is 5.93. The molecule has 1 N–H and O–H groups in total. The quantitative estimate of drug-likeness (QED) is 0.925. The summed E-state index contributed by atoms with van der Waals surface area (Å²) in [6.07, 6.45) is 3.61. The Morgan fingerprint density at radius 1 is 1.24 bits per heavy atom. The predicted molar refractivity (Wildman–Crippen MR) is 75.2 cm³/mol. The molecule has 0 radical (unpaired) electrons. The molecule has 0 spiro atoms. The standard InChI is InChI=1S/C15H15N3O3/c19-14(17-7-6-11(9-17)15(20)21)13-8-16-10-18(13)12-4-2-1-3-5-12/h1-5,8,10-11H,6-7,9H2,(H,20,21)/t11-/m0/s1. The molecule has 2 heterocycles. The van der Waals surface area contributed by atoms with Crippen LogP contribution in [-0.4, -0.2) is 44.5 Å². The highest BCUT2D eigenvalue weighted by atomic mass is 16.4. The van der Waals surface area contributed by atoms with Crippen molar-refractivity contribution in [3.63, 3.8) is 0 Å². The molecule has 1 aromatic carbocycles. The summed E-state index contributed by atoms with van der Waals surface area (Å²) in [5, 5.41) is 9.02. The lowest BCUT2D eigenvalue weighted by molar-refractivity contribution is -0.141. The van der Waals surface area contributed by atoms with E-state index in [0.29, 0.717) is 18.7 Å². The summed E-state index contributed by atoms with van der Waals surface area (Å²) in [5.41, 5.74) is 1.31. The lowest BCUT2D eigenvalue weighted by atomic mass is 10.1. The van der Waals surface area contributed by atoms with Crippen LogP contribution in [0.1, 0.15) is 16.9 Å². The van der Waals surface area contributed by atoms with Gasteiger partial charge in [0, 0.05) is 18.8 Å². The molecule has 1 saturated heterocycles. The van der Waals surface area contributed by atoms with Gasteiger partial charge in [-0.15, -0.1) is 0 Å². The molecule has 21 heavy (non-hydrogen) atoms. The SMILES string of the molecule is O=C(O)[C@H]1CCN(C(=O)c2cncn2-c2ccccc2)C1. The number of carbonyl (C=O) groups excluding carboxylic acids is 1. The molecule has 1 amide bonds. The van der Waals surface area contributed by atoms with E-state index in [9.17, 15) is 9.59 Å². The molecular weight excluding hydrogens is 270 g/mol. The van der Waals surface area contributed by atoms with Gasteiger partial charge in [0.15, 0.2) is 0 Å². The second-order valence-electron chi connectivity index (χ2n) is 5.06. The van der Waals surface area contributed by atoms with E-state index in [-0.39, 0.29) is 12.5 Å². The van der Waals surface area contributed by atoms with Crippen molar-refractivity contribution >= 4 is 11.9 Å². The fourth-order valence-corrected chi connectivity index (χ4v) is 2.56. The van der Waals surface area contributed by atoms with E-state index in [1.807, 2.05) is 30.3 Å². The number of carboxylic acid groups (broad SMARTS) is 1. The van der Waals surface area contributed by atoms with Crippen LogP contribution in [0.15, 0.2) is 42.9 Å². The van der Waals surface area contributed by atoms with Crippen LogP contribution in [0.25, 0.3) is 5.69 Å². The smallest absolute Gasteiger partial charge is 0.308 e. The zero-order chi connectivity index (χ0) is 14.8. The number of hydrogen-bond donors (Lipinski definition) is 1. The third-order valence-electron chi connectivity index (χ3n) is 3.72. The number of nitrogens with zero attached hydrogens (tertiary/aromatic N) is 3. The molecule has 1 atom stereocenters. The van der Waals surface area contributed by atoms with Crippen molar-refractivity contribution in [2.75, 3.05) is 13.1 Å². The van der Waals surface area contributed by atoms with Gasteiger partial charge in [-0.2, -0.15) is 0 Å². The topological polar surface area (TPSA) is 75.4 Å². The molecule has 0 saturated carbocycles. The minimum atomic E-state index is -0.845. The second kappa shape index (κ2) is 5.40. The number of para-hydroxylation sites is 1. The van der Waals surface area contributed by atoms with Crippen molar-refractivity contribution < 1.29 is 14.7 Å². The molecular formula is C15H15N3O3. The van der Waals surface area contributed by atoms with E-state index in [0.717, 1.165) is 5.69 Å². The van der Waals surface area contributed by atoms with Crippen LogP contribution < -0.4 is 0 Å². The minimum Gasteiger partial charge on any atom is -0.481 e. The summed E-state index contributed by atoms with van der Waals surface area (Å²) in [6.45, 7) is 0.726. The number of benzene rings is 1. The number of carboxylic acids is 1. The molecule has 6 nitrogen and oxygen atoms in total. The van der Waals surface area contributed by atoms with Crippen molar-refractivity contribution in [2.24, 2.45) is 5.92 Å². The molecule has 0 unspecified atom stereocenters. The molecule has 0 bridgehead atoms. The van der Waals surface area contributed by atoms with Crippen LogP contribution in [0.3, 0.4) is 0 Å². The predicted octanol–water partition coefficient (Wildman–Crippen LogP) is 1.42. The Balaban J connectivity index is 1.84. The molecule has 1 aliphatic rings. The maximum absolute atomic E-state index is 12.5. The number of hydrogen-bond acceptors (Lipinski definition) is 3. The molecule has 1 fully saturated rings. The van der Waals surface area contributed by atoms with Crippen molar-refractivity contribution in [2.45, 2.75) is 6.42 Å². The molecule has 6 heteroatoms. The van der Waals surface area contributed by atoms with Gasteiger partial charge in [0.25, 0.3) is 5.91 Å². The first-order chi connectivity index (χ1) is 10.2. The van der Waals surface area contributed by atoms with Gasteiger partial charge in [-0.3, -0.25) is 14.2 Å². The van der Waals surface area contributed by atoms with E-state index in [4.69, 9.17) is 5.11 Å². The Labute approximate surface area is 121 Å². The lowest BCUT2D eigenvalue weighted by Crippen LogP contribution is -2.31.